The highest BCUT2D eigenvalue weighted by Crippen LogP contribution is 2.33. The van der Waals surface area contributed by atoms with Gasteiger partial charge in [0.25, 0.3) is 0 Å². The SMILES string of the molecule is CCOCC(Nc1cccc(Cl)c1[N+](=O)[O-])C(C)C. The molecule has 1 rings (SSSR count). The molecule has 0 bridgehead atoms. The minimum absolute atomic E-state index is 0.00267. The first-order chi connectivity index (χ1) is 8.97. The van der Waals surface area contributed by atoms with E-state index in [1.54, 1.807) is 12.1 Å². The van der Waals surface area contributed by atoms with E-state index in [0.29, 0.717) is 18.9 Å². The zero-order valence-electron chi connectivity index (χ0n) is 11.4. The maximum absolute atomic E-state index is 11.1. The Hall–Kier alpha value is -1.33. The van der Waals surface area contributed by atoms with Gasteiger partial charge >= 0.3 is 5.69 Å². The van der Waals surface area contributed by atoms with Crippen LogP contribution in [0, 0.1) is 16.0 Å². The van der Waals surface area contributed by atoms with Gasteiger partial charge in [-0.2, -0.15) is 0 Å². The minimum atomic E-state index is -0.470. The summed E-state index contributed by atoms with van der Waals surface area (Å²) in [6, 6.07) is 4.86. The van der Waals surface area contributed by atoms with Gasteiger partial charge in [0.2, 0.25) is 0 Å². The van der Waals surface area contributed by atoms with Crippen molar-refractivity contribution >= 4 is 23.0 Å². The molecule has 0 aromatic heterocycles. The van der Waals surface area contributed by atoms with Crippen LogP contribution in [0.15, 0.2) is 18.2 Å². The van der Waals surface area contributed by atoms with Crippen LogP contribution in [-0.4, -0.2) is 24.2 Å². The molecule has 0 heterocycles. The topological polar surface area (TPSA) is 64.4 Å². The van der Waals surface area contributed by atoms with Gasteiger partial charge in [0.15, 0.2) is 0 Å². The summed E-state index contributed by atoms with van der Waals surface area (Å²) in [5.41, 5.74) is 0.335. The molecule has 0 saturated heterocycles. The number of anilines is 1. The van der Waals surface area contributed by atoms with Gasteiger partial charge in [-0.1, -0.05) is 31.5 Å². The van der Waals surface area contributed by atoms with Gasteiger partial charge < -0.3 is 10.1 Å². The van der Waals surface area contributed by atoms with E-state index in [4.69, 9.17) is 16.3 Å². The largest absolute Gasteiger partial charge is 0.380 e. The number of halogens is 1. The lowest BCUT2D eigenvalue weighted by molar-refractivity contribution is -0.383. The van der Waals surface area contributed by atoms with Crippen molar-refractivity contribution in [3.8, 4) is 0 Å². The molecule has 0 saturated carbocycles. The van der Waals surface area contributed by atoms with Gasteiger partial charge in [-0.15, -0.1) is 0 Å². The van der Waals surface area contributed by atoms with Crippen molar-refractivity contribution in [3.63, 3.8) is 0 Å². The Balaban J connectivity index is 2.96. The van der Waals surface area contributed by atoms with Crippen molar-refractivity contribution in [1.82, 2.24) is 0 Å². The molecule has 0 aliphatic heterocycles. The van der Waals surface area contributed by atoms with Crippen LogP contribution in [0.5, 0.6) is 0 Å². The van der Waals surface area contributed by atoms with Crippen molar-refractivity contribution in [1.29, 1.82) is 0 Å². The normalized spacial score (nSPS) is 12.5. The Bertz CT molecular complexity index is 438. The third kappa shape index (κ3) is 4.36. The molecule has 1 unspecified atom stereocenters. The van der Waals surface area contributed by atoms with Crippen molar-refractivity contribution in [2.45, 2.75) is 26.8 Å². The van der Waals surface area contributed by atoms with Crippen LogP contribution in [-0.2, 0) is 4.74 Å². The Kier molecular flexibility index (Phi) is 6.05. The summed E-state index contributed by atoms with van der Waals surface area (Å²) in [5, 5.41) is 14.3. The summed E-state index contributed by atoms with van der Waals surface area (Å²) in [5.74, 6) is 0.283. The van der Waals surface area contributed by atoms with Gasteiger partial charge in [-0.05, 0) is 25.0 Å². The average molecular weight is 287 g/mol. The van der Waals surface area contributed by atoms with Crippen LogP contribution >= 0.6 is 11.6 Å². The second-order valence-electron chi connectivity index (χ2n) is 4.55. The molecule has 1 atom stereocenters. The zero-order valence-corrected chi connectivity index (χ0v) is 12.1. The number of hydrogen-bond donors (Lipinski definition) is 1. The molecule has 1 N–H and O–H groups in total. The summed E-state index contributed by atoms with van der Waals surface area (Å²) in [4.78, 5) is 10.6. The fourth-order valence-electron chi connectivity index (χ4n) is 1.66. The highest BCUT2D eigenvalue weighted by molar-refractivity contribution is 6.33. The lowest BCUT2D eigenvalue weighted by Crippen LogP contribution is -2.31. The van der Waals surface area contributed by atoms with Gasteiger partial charge in [0.1, 0.15) is 10.7 Å². The first-order valence-corrected chi connectivity index (χ1v) is 6.62. The second kappa shape index (κ2) is 7.31. The number of nitrogens with zero attached hydrogens (tertiary/aromatic N) is 1. The molecule has 6 heteroatoms. The first-order valence-electron chi connectivity index (χ1n) is 6.24. The van der Waals surface area contributed by atoms with E-state index in [-0.39, 0.29) is 22.7 Å². The van der Waals surface area contributed by atoms with Crippen LogP contribution < -0.4 is 5.32 Å². The molecule has 1 aromatic carbocycles. The van der Waals surface area contributed by atoms with Gasteiger partial charge in [0.05, 0.1) is 17.6 Å². The highest BCUT2D eigenvalue weighted by atomic mass is 35.5. The molecule has 0 amide bonds. The standard InChI is InChI=1S/C13H19ClN2O3/c1-4-19-8-12(9(2)3)15-11-7-5-6-10(14)13(11)16(17)18/h5-7,9,12,15H,4,8H2,1-3H3. The van der Waals surface area contributed by atoms with Crippen molar-refractivity contribution < 1.29 is 9.66 Å². The Labute approximate surface area is 118 Å². The molecular formula is C13H19ClN2O3. The highest BCUT2D eigenvalue weighted by Gasteiger charge is 2.22. The number of nitro benzene ring substituents is 1. The number of hydrogen-bond acceptors (Lipinski definition) is 4. The van der Waals surface area contributed by atoms with E-state index in [1.807, 2.05) is 20.8 Å². The average Bonchev–Trinajstić information content (AvgIpc) is 2.33. The number of nitro groups is 1. The molecule has 0 radical (unpaired) electrons. The van der Waals surface area contributed by atoms with Gasteiger partial charge in [-0.3, -0.25) is 10.1 Å². The molecule has 0 fully saturated rings. The monoisotopic (exact) mass is 286 g/mol. The third-order valence-electron chi connectivity index (χ3n) is 2.82. The zero-order chi connectivity index (χ0) is 14.4. The van der Waals surface area contributed by atoms with Crippen molar-refractivity contribution in [2.75, 3.05) is 18.5 Å². The van der Waals surface area contributed by atoms with Crippen LogP contribution in [0.25, 0.3) is 0 Å². The van der Waals surface area contributed by atoms with Gasteiger partial charge in [-0.25, -0.2) is 0 Å². The number of nitrogens with one attached hydrogen (secondary N) is 1. The molecular weight excluding hydrogens is 268 g/mol. The van der Waals surface area contributed by atoms with Crippen molar-refractivity contribution in [2.24, 2.45) is 5.92 Å². The quantitative estimate of drug-likeness (QED) is 0.613. The van der Waals surface area contributed by atoms with E-state index in [9.17, 15) is 10.1 Å². The molecule has 1 aromatic rings. The Morgan fingerprint density at radius 1 is 1.47 bits per heavy atom. The molecule has 19 heavy (non-hydrogen) atoms. The summed E-state index contributed by atoms with van der Waals surface area (Å²) in [7, 11) is 0. The van der Waals surface area contributed by atoms with Crippen molar-refractivity contribution in [3.05, 3.63) is 33.3 Å². The number of ether oxygens (including phenoxy) is 1. The van der Waals surface area contributed by atoms with E-state index < -0.39 is 4.92 Å². The van der Waals surface area contributed by atoms with E-state index >= 15 is 0 Å². The number of rotatable bonds is 7. The lowest BCUT2D eigenvalue weighted by atomic mass is 10.0. The maximum atomic E-state index is 11.1. The smallest absolute Gasteiger partial charge is 0.310 e. The maximum Gasteiger partial charge on any atom is 0.310 e. The Morgan fingerprint density at radius 2 is 2.16 bits per heavy atom. The molecule has 0 aliphatic rings. The van der Waals surface area contributed by atoms with E-state index in [1.165, 1.54) is 6.07 Å². The molecule has 5 nitrogen and oxygen atoms in total. The fourth-order valence-corrected chi connectivity index (χ4v) is 1.91. The molecule has 0 spiro atoms. The fraction of sp³-hybridized carbons (Fsp3) is 0.538. The lowest BCUT2D eigenvalue weighted by Gasteiger charge is -2.23. The van der Waals surface area contributed by atoms with Crippen LogP contribution in [0.4, 0.5) is 11.4 Å². The number of para-hydroxylation sites is 1. The summed E-state index contributed by atoms with van der Waals surface area (Å²) >= 11 is 5.88. The molecule has 106 valence electrons. The Morgan fingerprint density at radius 3 is 2.68 bits per heavy atom. The summed E-state index contributed by atoms with van der Waals surface area (Å²) in [6.45, 7) is 7.10. The predicted octanol–water partition coefficient (Wildman–Crippen LogP) is 3.72. The predicted molar refractivity (Wildman–Crippen MR) is 76.8 cm³/mol. The number of benzene rings is 1. The summed E-state index contributed by atoms with van der Waals surface area (Å²) in [6.07, 6.45) is 0. The van der Waals surface area contributed by atoms with E-state index in [2.05, 4.69) is 5.32 Å². The first kappa shape index (κ1) is 15.7. The van der Waals surface area contributed by atoms with Crippen LogP contribution in [0.1, 0.15) is 20.8 Å². The van der Waals surface area contributed by atoms with Crippen LogP contribution in [0.3, 0.4) is 0 Å². The van der Waals surface area contributed by atoms with E-state index in [0.717, 1.165) is 0 Å². The molecule has 0 aliphatic carbocycles. The van der Waals surface area contributed by atoms with Crippen LogP contribution in [0.2, 0.25) is 5.02 Å². The second-order valence-corrected chi connectivity index (χ2v) is 4.95. The van der Waals surface area contributed by atoms with Gasteiger partial charge in [0, 0.05) is 6.61 Å². The summed E-state index contributed by atoms with van der Waals surface area (Å²) < 4.78 is 5.39. The third-order valence-corrected chi connectivity index (χ3v) is 3.12. The minimum Gasteiger partial charge on any atom is -0.380 e.